The van der Waals surface area contributed by atoms with Crippen LogP contribution in [-0.4, -0.2) is 36.8 Å². The van der Waals surface area contributed by atoms with Gasteiger partial charge in [0.15, 0.2) is 5.65 Å². The Bertz CT molecular complexity index is 867. The Labute approximate surface area is 146 Å². The quantitative estimate of drug-likeness (QED) is 0.744. The van der Waals surface area contributed by atoms with Crippen molar-refractivity contribution in [3.8, 4) is 0 Å². The Balaban J connectivity index is 1.31. The van der Waals surface area contributed by atoms with Gasteiger partial charge in [-0.15, -0.1) is 0 Å². The molecule has 0 bridgehead atoms. The number of rotatable bonds is 6. The number of ether oxygens (including phenoxy) is 1. The molecule has 1 N–H and O–H groups in total. The normalized spacial score (nSPS) is 23.5. The average molecular weight is 338 g/mol. The second kappa shape index (κ2) is 6.24. The van der Waals surface area contributed by atoms with Gasteiger partial charge in [0.1, 0.15) is 6.10 Å². The van der Waals surface area contributed by atoms with Crippen LogP contribution in [0.4, 0.5) is 0 Å². The predicted octanol–water partition coefficient (Wildman–Crippen LogP) is 1.96. The van der Waals surface area contributed by atoms with Crippen molar-refractivity contribution in [2.75, 3.05) is 6.61 Å². The Hall–Kier alpha value is -2.25. The molecule has 7 nitrogen and oxygen atoms in total. The molecule has 0 spiro atoms. The van der Waals surface area contributed by atoms with Crippen LogP contribution in [0.25, 0.3) is 5.65 Å². The number of nitrogens with one attached hydrogen (secondary N) is 1. The third kappa shape index (κ3) is 2.94. The second-order valence-electron chi connectivity index (χ2n) is 7.00. The summed E-state index contributed by atoms with van der Waals surface area (Å²) in [6.45, 7) is 2.57. The van der Waals surface area contributed by atoms with Gasteiger partial charge < -0.3 is 10.1 Å². The van der Waals surface area contributed by atoms with Gasteiger partial charge in [0.2, 0.25) is 0 Å². The van der Waals surface area contributed by atoms with Crippen molar-refractivity contribution in [2.24, 2.45) is 5.92 Å². The Morgan fingerprint density at radius 3 is 3.08 bits per heavy atom. The Kier molecular flexibility index (Phi) is 3.75. The SMILES string of the molecule is c1cn2c(CN[C@H]3CCO[C@@H]3c3ccnn3CC3CC3)cnc2cn1. The molecule has 3 aromatic heterocycles. The van der Waals surface area contributed by atoms with Crippen molar-refractivity contribution >= 4 is 5.65 Å². The lowest BCUT2D eigenvalue weighted by Crippen LogP contribution is -2.32. The maximum absolute atomic E-state index is 6.05. The highest BCUT2D eigenvalue weighted by molar-refractivity contribution is 5.36. The van der Waals surface area contributed by atoms with Crippen LogP contribution in [0.2, 0.25) is 0 Å². The van der Waals surface area contributed by atoms with E-state index in [-0.39, 0.29) is 6.10 Å². The number of imidazole rings is 1. The lowest BCUT2D eigenvalue weighted by Gasteiger charge is -2.21. The van der Waals surface area contributed by atoms with Crippen molar-refractivity contribution in [3.05, 3.63) is 48.4 Å². The van der Waals surface area contributed by atoms with Crippen molar-refractivity contribution in [2.45, 2.75) is 44.5 Å². The summed E-state index contributed by atoms with van der Waals surface area (Å²) in [4.78, 5) is 8.52. The van der Waals surface area contributed by atoms with Gasteiger partial charge in [-0.2, -0.15) is 5.10 Å². The van der Waals surface area contributed by atoms with Crippen LogP contribution in [-0.2, 0) is 17.8 Å². The van der Waals surface area contributed by atoms with E-state index in [1.54, 1.807) is 12.4 Å². The highest BCUT2D eigenvalue weighted by Gasteiger charge is 2.33. The molecule has 3 aromatic rings. The number of nitrogens with zero attached hydrogens (tertiary/aromatic N) is 5. The van der Waals surface area contributed by atoms with E-state index in [2.05, 4.69) is 35.5 Å². The zero-order valence-corrected chi connectivity index (χ0v) is 14.1. The minimum Gasteiger partial charge on any atom is -0.370 e. The van der Waals surface area contributed by atoms with Crippen molar-refractivity contribution in [1.29, 1.82) is 0 Å². The zero-order chi connectivity index (χ0) is 16.6. The fraction of sp³-hybridized carbons (Fsp3) is 0.500. The maximum atomic E-state index is 6.05. The third-order valence-corrected chi connectivity index (χ3v) is 5.20. The second-order valence-corrected chi connectivity index (χ2v) is 7.00. The summed E-state index contributed by atoms with van der Waals surface area (Å²) < 4.78 is 10.3. The lowest BCUT2D eigenvalue weighted by molar-refractivity contribution is 0.0905. The van der Waals surface area contributed by atoms with E-state index in [4.69, 9.17) is 4.74 Å². The van der Waals surface area contributed by atoms with E-state index < -0.39 is 0 Å². The van der Waals surface area contributed by atoms with Crippen molar-refractivity contribution < 1.29 is 4.74 Å². The van der Waals surface area contributed by atoms with E-state index in [0.717, 1.165) is 43.4 Å². The monoisotopic (exact) mass is 338 g/mol. The fourth-order valence-corrected chi connectivity index (χ4v) is 3.63. The van der Waals surface area contributed by atoms with Gasteiger partial charge in [0.25, 0.3) is 0 Å². The number of fused-ring (bicyclic) bond motifs is 1. The largest absolute Gasteiger partial charge is 0.370 e. The van der Waals surface area contributed by atoms with E-state index in [9.17, 15) is 0 Å². The molecule has 5 rings (SSSR count). The van der Waals surface area contributed by atoms with Crippen LogP contribution in [0, 0.1) is 5.92 Å². The summed E-state index contributed by atoms with van der Waals surface area (Å²) in [6.07, 6.45) is 13.1. The topological polar surface area (TPSA) is 69.3 Å². The highest BCUT2D eigenvalue weighted by Crippen LogP contribution is 2.34. The first-order valence-electron chi connectivity index (χ1n) is 9.01. The van der Waals surface area contributed by atoms with Crippen molar-refractivity contribution in [1.82, 2.24) is 29.5 Å². The molecule has 1 saturated heterocycles. The summed E-state index contributed by atoms with van der Waals surface area (Å²) in [5.74, 6) is 0.804. The van der Waals surface area contributed by atoms with Gasteiger partial charge in [-0.05, 0) is 31.2 Å². The fourth-order valence-electron chi connectivity index (χ4n) is 3.63. The van der Waals surface area contributed by atoms with Crippen LogP contribution >= 0.6 is 0 Å². The molecule has 2 fully saturated rings. The van der Waals surface area contributed by atoms with Crippen LogP contribution in [0.3, 0.4) is 0 Å². The molecule has 1 saturated carbocycles. The first-order valence-corrected chi connectivity index (χ1v) is 9.01. The van der Waals surface area contributed by atoms with Crippen molar-refractivity contribution in [3.63, 3.8) is 0 Å². The first-order chi connectivity index (χ1) is 12.4. The molecule has 2 atom stereocenters. The standard InChI is InChI=1S/C18H22N6O/c1-2-13(1)12-24-16(3-5-22-24)18-15(4-8-25-18)20-9-14-10-21-17-11-19-6-7-23(14)17/h3,5-7,10-11,13,15,18,20H,1-2,4,8-9,12H2/t15-,18-/m0/s1. The molecule has 25 heavy (non-hydrogen) atoms. The van der Waals surface area contributed by atoms with Crippen LogP contribution < -0.4 is 5.32 Å². The van der Waals surface area contributed by atoms with Gasteiger partial charge in [-0.25, -0.2) is 4.98 Å². The van der Waals surface area contributed by atoms with Gasteiger partial charge in [-0.1, -0.05) is 0 Å². The number of hydrogen-bond donors (Lipinski definition) is 1. The Morgan fingerprint density at radius 2 is 2.16 bits per heavy atom. The molecule has 2 aliphatic rings. The molecular weight excluding hydrogens is 316 g/mol. The minimum atomic E-state index is 0.0714. The molecule has 0 amide bonds. The van der Waals surface area contributed by atoms with E-state index in [1.165, 1.54) is 18.5 Å². The number of hydrogen-bond acceptors (Lipinski definition) is 5. The maximum Gasteiger partial charge on any atom is 0.155 e. The third-order valence-electron chi connectivity index (χ3n) is 5.20. The molecule has 1 aliphatic heterocycles. The van der Waals surface area contributed by atoms with Gasteiger partial charge in [-0.3, -0.25) is 14.1 Å². The summed E-state index contributed by atoms with van der Waals surface area (Å²) >= 11 is 0. The van der Waals surface area contributed by atoms with Crippen LogP contribution in [0.5, 0.6) is 0 Å². The molecule has 0 aromatic carbocycles. The molecule has 0 unspecified atom stereocenters. The first kappa shape index (κ1) is 15.0. The zero-order valence-electron chi connectivity index (χ0n) is 14.1. The van der Waals surface area contributed by atoms with E-state index in [1.807, 2.05) is 18.6 Å². The molecular formula is C18H22N6O. The molecule has 130 valence electrons. The summed E-state index contributed by atoms with van der Waals surface area (Å²) in [5.41, 5.74) is 3.21. The molecule has 1 aliphatic carbocycles. The summed E-state index contributed by atoms with van der Waals surface area (Å²) in [5, 5.41) is 8.18. The van der Waals surface area contributed by atoms with Crippen LogP contribution in [0.1, 0.15) is 36.8 Å². The molecule has 7 heteroatoms. The highest BCUT2D eigenvalue weighted by atomic mass is 16.5. The van der Waals surface area contributed by atoms with Gasteiger partial charge in [0.05, 0.1) is 23.8 Å². The Morgan fingerprint density at radius 1 is 1.20 bits per heavy atom. The van der Waals surface area contributed by atoms with E-state index in [0.29, 0.717) is 6.04 Å². The van der Waals surface area contributed by atoms with Gasteiger partial charge >= 0.3 is 0 Å². The average Bonchev–Trinajstić information content (AvgIpc) is 3.02. The van der Waals surface area contributed by atoms with E-state index >= 15 is 0 Å². The van der Waals surface area contributed by atoms with Crippen LogP contribution in [0.15, 0.2) is 37.1 Å². The smallest absolute Gasteiger partial charge is 0.155 e. The molecule has 0 radical (unpaired) electrons. The molecule has 4 heterocycles. The lowest BCUT2D eigenvalue weighted by atomic mass is 10.1. The predicted molar refractivity (Wildman–Crippen MR) is 91.9 cm³/mol. The number of aromatic nitrogens is 5. The summed E-state index contributed by atoms with van der Waals surface area (Å²) in [6, 6.07) is 2.40. The summed E-state index contributed by atoms with van der Waals surface area (Å²) in [7, 11) is 0. The van der Waals surface area contributed by atoms with Gasteiger partial charge in [0, 0.05) is 44.3 Å². The minimum absolute atomic E-state index is 0.0714.